The minimum Gasteiger partial charge on any atom is -0.493 e. The monoisotopic (exact) mass is 400 g/mol. The second-order valence-electron chi connectivity index (χ2n) is 8.49. The van der Waals surface area contributed by atoms with Crippen molar-refractivity contribution in [1.29, 1.82) is 0 Å². The minimum absolute atomic E-state index is 0.0983. The largest absolute Gasteiger partial charge is 0.493 e. The number of benzene rings is 1. The van der Waals surface area contributed by atoms with Crippen LogP contribution in [0.1, 0.15) is 55.3 Å². The van der Waals surface area contributed by atoms with Crippen molar-refractivity contribution in [2.75, 3.05) is 39.4 Å². The summed E-state index contributed by atoms with van der Waals surface area (Å²) in [4.78, 5) is 29.2. The van der Waals surface area contributed by atoms with Gasteiger partial charge < -0.3 is 19.3 Å². The quantitative estimate of drug-likeness (QED) is 0.762. The molecule has 0 aromatic heterocycles. The van der Waals surface area contributed by atoms with E-state index in [9.17, 15) is 9.59 Å². The van der Waals surface area contributed by atoms with E-state index in [1.165, 1.54) is 6.42 Å². The molecule has 3 heterocycles. The minimum atomic E-state index is -0.243. The Morgan fingerprint density at radius 3 is 2.62 bits per heavy atom. The summed E-state index contributed by atoms with van der Waals surface area (Å²) >= 11 is 0. The normalized spacial score (nSPS) is 25.1. The van der Waals surface area contributed by atoms with Gasteiger partial charge in [0.15, 0.2) is 0 Å². The van der Waals surface area contributed by atoms with Gasteiger partial charge in [0.1, 0.15) is 11.9 Å². The number of piperidine rings is 2. The van der Waals surface area contributed by atoms with Gasteiger partial charge >= 0.3 is 0 Å². The van der Waals surface area contributed by atoms with Gasteiger partial charge in [-0.05, 0) is 63.1 Å². The van der Waals surface area contributed by atoms with Crippen LogP contribution in [0.15, 0.2) is 24.3 Å². The predicted octanol–water partition coefficient (Wildman–Crippen LogP) is 3.11. The van der Waals surface area contributed by atoms with Gasteiger partial charge in [-0.25, -0.2) is 0 Å². The van der Waals surface area contributed by atoms with Gasteiger partial charge in [-0.1, -0.05) is 6.07 Å². The Kier molecular flexibility index (Phi) is 6.70. The molecule has 2 amide bonds. The van der Waals surface area contributed by atoms with Crippen molar-refractivity contribution in [2.45, 2.75) is 51.0 Å². The predicted molar refractivity (Wildman–Crippen MR) is 110 cm³/mol. The van der Waals surface area contributed by atoms with Gasteiger partial charge in [0.05, 0.1) is 6.61 Å². The van der Waals surface area contributed by atoms with E-state index in [-0.39, 0.29) is 17.9 Å². The first-order chi connectivity index (χ1) is 14.2. The fraction of sp³-hybridized carbons (Fsp3) is 0.652. The summed E-state index contributed by atoms with van der Waals surface area (Å²) in [5.41, 5.74) is 0.697. The van der Waals surface area contributed by atoms with E-state index in [0.717, 1.165) is 70.5 Å². The summed E-state index contributed by atoms with van der Waals surface area (Å²) in [6, 6.07) is 7.52. The maximum atomic E-state index is 12.7. The van der Waals surface area contributed by atoms with E-state index < -0.39 is 0 Å². The zero-order valence-electron chi connectivity index (χ0n) is 17.2. The van der Waals surface area contributed by atoms with Crippen molar-refractivity contribution < 1.29 is 19.1 Å². The SMILES string of the molecule is O=C(c1cccc(OCC2CCCN(C(=O)C3CCCO3)C2)c1)N1CCCCC1. The van der Waals surface area contributed by atoms with E-state index in [1.807, 2.05) is 34.1 Å². The second-order valence-corrected chi connectivity index (χ2v) is 8.49. The molecule has 2 atom stereocenters. The Morgan fingerprint density at radius 1 is 1.00 bits per heavy atom. The van der Waals surface area contributed by atoms with E-state index >= 15 is 0 Å². The summed E-state index contributed by atoms with van der Waals surface area (Å²) in [6.45, 7) is 4.50. The average Bonchev–Trinajstić information content (AvgIpc) is 3.33. The molecule has 6 nitrogen and oxygen atoms in total. The highest BCUT2D eigenvalue weighted by Crippen LogP contribution is 2.23. The van der Waals surface area contributed by atoms with Crippen molar-refractivity contribution >= 4 is 11.8 Å². The number of hydrogen-bond donors (Lipinski definition) is 0. The molecular weight excluding hydrogens is 368 g/mol. The highest BCUT2D eigenvalue weighted by Gasteiger charge is 2.31. The molecule has 0 spiro atoms. The number of hydrogen-bond acceptors (Lipinski definition) is 4. The maximum Gasteiger partial charge on any atom is 0.253 e. The number of carbonyl (C=O) groups excluding carboxylic acids is 2. The van der Waals surface area contributed by atoms with Gasteiger partial charge in [-0.2, -0.15) is 0 Å². The lowest BCUT2D eigenvalue weighted by Crippen LogP contribution is -2.45. The van der Waals surface area contributed by atoms with Crippen LogP contribution in [0.2, 0.25) is 0 Å². The highest BCUT2D eigenvalue weighted by molar-refractivity contribution is 5.94. The molecule has 0 bridgehead atoms. The summed E-state index contributed by atoms with van der Waals surface area (Å²) in [5.74, 6) is 1.29. The first-order valence-corrected chi connectivity index (χ1v) is 11.1. The van der Waals surface area contributed by atoms with E-state index in [2.05, 4.69) is 0 Å². The lowest BCUT2D eigenvalue weighted by atomic mass is 9.98. The number of carbonyl (C=O) groups is 2. The Labute approximate surface area is 173 Å². The Balaban J connectivity index is 1.30. The highest BCUT2D eigenvalue weighted by atomic mass is 16.5. The zero-order chi connectivity index (χ0) is 20.1. The zero-order valence-corrected chi connectivity index (χ0v) is 17.2. The Morgan fingerprint density at radius 2 is 1.83 bits per heavy atom. The van der Waals surface area contributed by atoms with E-state index in [0.29, 0.717) is 24.7 Å². The number of ether oxygens (including phenoxy) is 2. The molecule has 3 saturated heterocycles. The van der Waals surface area contributed by atoms with Gasteiger partial charge in [-0.15, -0.1) is 0 Å². The third-order valence-electron chi connectivity index (χ3n) is 6.25. The standard InChI is InChI=1S/C23H32N2O4/c26-22(24-11-2-1-3-12-24)19-8-4-9-20(15-19)29-17-18-7-5-13-25(16-18)23(27)21-10-6-14-28-21/h4,8-9,15,18,21H,1-3,5-7,10-14,16-17H2. The molecule has 6 heteroatoms. The van der Waals surface area contributed by atoms with Crippen LogP contribution >= 0.6 is 0 Å². The number of likely N-dealkylation sites (tertiary alicyclic amines) is 2. The van der Waals surface area contributed by atoms with Crippen LogP contribution in [-0.2, 0) is 9.53 Å². The lowest BCUT2D eigenvalue weighted by molar-refractivity contribution is -0.143. The van der Waals surface area contributed by atoms with Crippen LogP contribution in [0, 0.1) is 5.92 Å². The lowest BCUT2D eigenvalue weighted by Gasteiger charge is -2.34. The molecule has 3 fully saturated rings. The molecule has 0 aliphatic carbocycles. The molecule has 0 N–H and O–H groups in total. The van der Waals surface area contributed by atoms with Crippen molar-refractivity contribution in [1.82, 2.24) is 9.80 Å². The molecule has 29 heavy (non-hydrogen) atoms. The van der Waals surface area contributed by atoms with Gasteiger partial charge in [0, 0.05) is 44.3 Å². The molecule has 2 unspecified atom stereocenters. The van der Waals surface area contributed by atoms with Crippen molar-refractivity contribution in [3.8, 4) is 5.75 Å². The van der Waals surface area contributed by atoms with Crippen molar-refractivity contribution in [3.05, 3.63) is 29.8 Å². The van der Waals surface area contributed by atoms with Crippen LogP contribution in [0.4, 0.5) is 0 Å². The average molecular weight is 401 g/mol. The maximum absolute atomic E-state index is 12.7. The molecule has 158 valence electrons. The fourth-order valence-electron chi connectivity index (χ4n) is 4.59. The molecule has 1 aromatic rings. The van der Waals surface area contributed by atoms with Gasteiger partial charge in [0.2, 0.25) is 0 Å². The number of amides is 2. The van der Waals surface area contributed by atoms with Gasteiger partial charge in [-0.3, -0.25) is 9.59 Å². The fourth-order valence-corrected chi connectivity index (χ4v) is 4.59. The third kappa shape index (κ3) is 5.10. The molecule has 3 aliphatic heterocycles. The first-order valence-electron chi connectivity index (χ1n) is 11.1. The first kappa shape index (κ1) is 20.2. The molecule has 4 rings (SSSR count). The van der Waals surface area contributed by atoms with Crippen LogP contribution in [0.25, 0.3) is 0 Å². The second kappa shape index (κ2) is 9.61. The molecule has 0 radical (unpaired) electrons. The number of rotatable bonds is 5. The van der Waals surface area contributed by atoms with Crippen molar-refractivity contribution in [3.63, 3.8) is 0 Å². The third-order valence-corrected chi connectivity index (χ3v) is 6.25. The van der Waals surface area contributed by atoms with Crippen molar-refractivity contribution in [2.24, 2.45) is 5.92 Å². The van der Waals surface area contributed by atoms with Gasteiger partial charge in [0.25, 0.3) is 11.8 Å². The van der Waals surface area contributed by atoms with E-state index in [1.54, 1.807) is 0 Å². The summed E-state index contributed by atoms with van der Waals surface area (Å²) < 4.78 is 11.6. The molecule has 0 saturated carbocycles. The van der Waals surface area contributed by atoms with E-state index in [4.69, 9.17) is 9.47 Å². The van der Waals surface area contributed by atoms with Crippen LogP contribution in [0.5, 0.6) is 5.75 Å². The summed E-state index contributed by atoms with van der Waals surface area (Å²) in [7, 11) is 0. The number of nitrogens with zero attached hydrogens (tertiary/aromatic N) is 2. The van der Waals surface area contributed by atoms with Crippen LogP contribution in [-0.4, -0.2) is 67.1 Å². The summed E-state index contributed by atoms with van der Waals surface area (Å²) in [5, 5.41) is 0. The smallest absolute Gasteiger partial charge is 0.253 e. The Hall–Kier alpha value is -2.08. The molecular formula is C23H32N2O4. The van der Waals surface area contributed by atoms with Crippen LogP contribution in [0.3, 0.4) is 0 Å². The Bertz CT molecular complexity index is 711. The topological polar surface area (TPSA) is 59.1 Å². The van der Waals surface area contributed by atoms with Crippen LogP contribution < -0.4 is 4.74 Å². The summed E-state index contributed by atoms with van der Waals surface area (Å²) in [6.07, 6.45) is 7.02. The molecule has 1 aromatic carbocycles. The molecule has 3 aliphatic rings.